The van der Waals surface area contributed by atoms with E-state index in [1.165, 1.54) is 0 Å². The summed E-state index contributed by atoms with van der Waals surface area (Å²) in [5, 5.41) is 9.38. The number of carbonyl (C=O) groups is 1. The number of aryl methyl sites for hydroxylation is 1. The van der Waals surface area contributed by atoms with Crippen LogP contribution in [0.1, 0.15) is 34.9 Å². The van der Waals surface area contributed by atoms with Gasteiger partial charge in [-0.25, -0.2) is 0 Å². The summed E-state index contributed by atoms with van der Waals surface area (Å²) in [5.41, 5.74) is 6.85. The Morgan fingerprint density at radius 3 is 2.90 bits per heavy atom. The monoisotopic (exact) mass is 286 g/mol. The lowest BCUT2D eigenvalue weighted by atomic mass is 9.80. The number of nitriles is 1. The molecular weight excluding hydrogens is 272 g/mol. The molecule has 0 bridgehead atoms. The van der Waals surface area contributed by atoms with Crippen molar-refractivity contribution in [3.8, 4) is 6.07 Å². The first kappa shape index (κ1) is 12.9. The second-order valence-electron chi connectivity index (χ2n) is 4.99. The Morgan fingerprint density at radius 1 is 1.45 bits per heavy atom. The molecule has 20 heavy (non-hydrogen) atoms. The highest BCUT2D eigenvalue weighted by molar-refractivity contribution is 7.12. The molecule has 2 heterocycles. The number of carbonyl (C=O) groups excluding carboxylic acids is 1. The van der Waals surface area contributed by atoms with Gasteiger partial charge in [0.25, 0.3) is 0 Å². The van der Waals surface area contributed by atoms with Crippen molar-refractivity contribution in [3.05, 3.63) is 44.7 Å². The highest BCUT2D eigenvalue weighted by Gasteiger charge is 2.38. The van der Waals surface area contributed by atoms with E-state index in [2.05, 4.69) is 6.07 Å². The Morgan fingerprint density at radius 2 is 2.25 bits per heavy atom. The number of ether oxygens (including phenoxy) is 1. The molecule has 1 aromatic rings. The van der Waals surface area contributed by atoms with Crippen LogP contribution in [-0.4, -0.2) is 5.78 Å². The molecule has 0 radical (unpaired) electrons. The molecular formula is C15H14N2O2S. The number of allylic oxidation sites excluding steroid dienone is 3. The maximum Gasteiger partial charge on any atom is 0.205 e. The second-order valence-corrected chi connectivity index (χ2v) is 6.31. The maximum absolute atomic E-state index is 12.3. The number of Topliss-reactive ketones (excluding diaryl/α,β-unsaturated/α-hetero) is 1. The van der Waals surface area contributed by atoms with Crippen molar-refractivity contribution in [2.24, 2.45) is 5.73 Å². The van der Waals surface area contributed by atoms with Crippen LogP contribution in [0.5, 0.6) is 0 Å². The molecule has 0 amide bonds. The van der Waals surface area contributed by atoms with Crippen LogP contribution in [0, 0.1) is 18.3 Å². The predicted octanol–water partition coefficient (Wildman–Crippen LogP) is 2.87. The Bertz CT molecular complexity index is 691. The maximum atomic E-state index is 12.3. The summed E-state index contributed by atoms with van der Waals surface area (Å²) in [7, 11) is 0. The van der Waals surface area contributed by atoms with Gasteiger partial charge in [0.1, 0.15) is 17.4 Å². The van der Waals surface area contributed by atoms with E-state index in [9.17, 15) is 10.1 Å². The fourth-order valence-corrected chi connectivity index (χ4v) is 3.75. The van der Waals surface area contributed by atoms with E-state index in [4.69, 9.17) is 10.5 Å². The van der Waals surface area contributed by atoms with E-state index in [0.717, 1.165) is 16.2 Å². The zero-order valence-electron chi connectivity index (χ0n) is 11.1. The highest BCUT2D eigenvalue weighted by atomic mass is 32.1. The van der Waals surface area contributed by atoms with E-state index in [0.29, 0.717) is 29.7 Å². The molecule has 4 nitrogen and oxygen atoms in total. The van der Waals surface area contributed by atoms with Crippen molar-refractivity contribution >= 4 is 17.1 Å². The smallest absolute Gasteiger partial charge is 0.205 e. The topological polar surface area (TPSA) is 76.1 Å². The van der Waals surface area contributed by atoms with Gasteiger partial charge in [0.05, 0.1) is 5.92 Å². The van der Waals surface area contributed by atoms with Gasteiger partial charge in [-0.3, -0.25) is 4.79 Å². The molecule has 102 valence electrons. The van der Waals surface area contributed by atoms with E-state index in [1.54, 1.807) is 11.3 Å². The minimum atomic E-state index is -0.352. The molecule has 5 heteroatoms. The quantitative estimate of drug-likeness (QED) is 0.861. The molecule has 1 atom stereocenters. The lowest BCUT2D eigenvalue weighted by Crippen LogP contribution is -2.26. The van der Waals surface area contributed by atoms with E-state index < -0.39 is 0 Å². The van der Waals surface area contributed by atoms with Gasteiger partial charge in [-0.15, -0.1) is 11.3 Å². The number of hydrogen-bond acceptors (Lipinski definition) is 5. The van der Waals surface area contributed by atoms with Crippen LogP contribution in [0.3, 0.4) is 0 Å². The van der Waals surface area contributed by atoms with Gasteiger partial charge in [-0.1, -0.05) is 0 Å². The number of rotatable bonds is 1. The summed E-state index contributed by atoms with van der Waals surface area (Å²) in [5.74, 6) is 0.503. The lowest BCUT2D eigenvalue weighted by molar-refractivity contribution is -0.116. The van der Waals surface area contributed by atoms with Crippen molar-refractivity contribution in [2.45, 2.75) is 32.1 Å². The average Bonchev–Trinajstić information content (AvgIpc) is 2.84. The second kappa shape index (κ2) is 4.80. The van der Waals surface area contributed by atoms with Gasteiger partial charge < -0.3 is 10.5 Å². The van der Waals surface area contributed by atoms with Crippen LogP contribution in [0.15, 0.2) is 34.9 Å². The van der Waals surface area contributed by atoms with Gasteiger partial charge in [-0.2, -0.15) is 5.26 Å². The van der Waals surface area contributed by atoms with Gasteiger partial charge in [0.2, 0.25) is 5.88 Å². The summed E-state index contributed by atoms with van der Waals surface area (Å²) < 4.78 is 5.52. The molecule has 2 aliphatic rings. The Kier molecular flexibility index (Phi) is 3.11. The van der Waals surface area contributed by atoms with Gasteiger partial charge in [0.15, 0.2) is 5.78 Å². The molecule has 1 aromatic heterocycles. The third-order valence-corrected chi connectivity index (χ3v) is 4.72. The molecule has 0 saturated carbocycles. The molecule has 1 aliphatic heterocycles. The van der Waals surface area contributed by atoms with Crippen molar-refractivity contribution in [1.82, 2.24) is 0 Å². The largest absolute Gasteiger partial charge is 0.444 e. The normalized spacial score (nSPS) is 22.4. The molecule has 3 rings (SSSR count). The SMILES string of the molecule is Cc1ccc([C@H]2C(C#N)=C(N)OC3=C2C(=O)CCC3)s1. The first-order chi connectivity index (χ1) is 9.61. The van der Waals surface area contributed by atoms with Crippen molar-refractivity contribution in [1.29, 1.82) is 5.26 Å². The number of nitrogens with zero attached hydrogens (tertiary/aromatic N) is 1. The van der Waals surface area contributed by atoms with Gasteiger partial charge >= 0.3 is 0 Å². The lowest BCUT2D eigenvalue weighted by Gasteiger charge is -2.30. The van der Waals surface area contributed by atoms with Crippen LogP contribution in [0.4, 0.5) is 0 Å². The van der Waals surface area contributed by atoms with Crippen molar-refractivity contribution < 1.29 is 9.53 Å². The van der Waals surface area contributed by atoms with Crippen LogP contribution in [0.2, 0.25) is 0 Å². The molecule has 2 N–H and O–H groups in total. The summed E-state index contributed by atoms with van der Waals surface area (Å²) in [6.07, 6.45) is 2.01. The Hall–Kier alpha value is -2.06. The summed E-state index contributed by atoms with van der Waals surface area (Å²) in [4.78, 5) is 14.4. The number of ketones is 1. The average molecular weight is 286 g/mol. The molecule has 0 fully saturated rings. The molecule has 0 aromatic carbocycles. The minimum absolute atomic E-state index is 0.0718. The van der Waals surface area contributed by atoms with E-state index in [-0.39, 0.29) is 17.6 Å². The van der Waals surface area contributed by atoms with Crippen LogP contribution in [-0.2, 0) is 9.53 Å². The molecule has 0 spiro atoms. The molecule has 0 unspecified atom stereocenters. The van der Waals surface area contributed by atoms with Crippen LogP contribution in [0.25, 0.3) is 0 Å². The summed E-state index contributed by atoms with van der Waals surface area (Å²) in [6, 6.07) is 6.07. The van der Waals surface area contributed by atoms with Crippen LogP contribution < -0.4 is 5.73 Å². The summed E-state index contributed by atoms with van der Waals surface area (Å²) in [6.45, 7) is 2.00. The van der Waals surface area contributed by atoms with Crippen LogP contribution >= 0.6 is 11.3 Å². The Balaban J connectivity index is 2.18. The standard InChI is InChI=1S/C15H14N2O2S/c1-8-5-6-12(20-8)13-9(7-16)15(17)19-11-4-2-3-10(18)14(11)13/h5-6,13H,2-4,17H2,1H3/t13-/m1/s1. The number of thiophene rings is 1. The zero-order chi connectivity index (χ0) is 14.3. The zero-order valence-corrected chi connectivity index (χ0v) is 11.9. The Labute approximate surface area is 121 Å². The summed E-state index contributed by atoms with van der Waals surface area (Å²) >= 11 is 1.59. The third-order valence-electron chi connectivity index (χ3n) is 3.65. The fraction of sp³-hybridized carbons (Fsp3) is 0.333. The first-order valence-corrected chi connectivity index (χ1v) is 7.33. The van der Waals surface area contributed by atoms with E-state index >= 15 is 0 Å². The minimum Gasteiger partial charge on any atom is -0.444 e. The number of nitrogens with two attached hydrogens (primary N) is 1. The number of hydrogen-bond donors (Lipinski definition) is 1. The third kappa shape index (κ3) is 1.93. The van der Waals surface area contributed by atoms with Crippen molar-refractivity contribution in [2.75, 3.05) is 0 Å². The molecule has 1 aliphatic carbocycles. The predicted molar refractivity (Wildman–Crippen MR) is 75.6 cm³/mol. The highest BCUT2D eigenvalue weighted by Crippen LogP contribution is 2.44. The fourth-order valence-electron chi connectivity index (χ4n) is 2.75. The van der Waals surface area contributed by atoms with Gasteiger partial charge in [-0.05, 0) is 25.5 Å². The first-order valence-electron chi connectivity index (χ1n) is 6.52. The van der Waals surface area contributed by atoms with Gasteiger partial charge in [0, 0.05) is 28.2 Å². The van der Waals surface area contributed by atoms with Crippen molar-refractivity contribution in [3.63, 3.8) is 0 Å². The molecule has 0 saturated heterocycles. The van der Waals surface area contributed by atoms with E-state index in [1.807, 2.05) is 19.1 Å².